The Kier molecular flexibility index (Phi) is 4.81. The number of aryl methyl sites for hydroxylation is 1. The SMILES string of the molecule is Cc1ccc(C(C)NC(=O)c2ccc(N3CCCS3(=O)=O)cc2)cc1. The Morgan fingerprint density at radius 1 is 1.08 bits per heavy atom. The summed E-state index contributed by atoms with van der Waals surface area (Å²) in [5, 5.41) is 2.97. The quantitative estimate of drug-likeness (QED) is 0.913. The lowest BCUT2D eigenvalue weighted by Gasteiger charge is -2.18. The molecule has 0 radical (unpaired) electrons. The van der Waals surface area contributed by atoms with Gasteiger partial charge in [-0.05, 0) is 50.1 Å². The van der Waals surface area contributed by atoms with Crippen LogP contribution in [0.3, 0.4) is 0 Å². The molecule has 0 aromatic heterocycles. The van der Waals surface area contributed by atoms with Crippen LogP contribution in [0.2, 0.25) is 0 Å². The molecule has 132 valence electrons. The molecule has 6 heteroatoms. The van der Waals surface area contributed by atoms with Gasteiger partial charge in [0.25, 0.3) is 5.91 Å². The molecule has 1 heterocycles. The summed E-state index contributed by atoms with van der Waals surface area (Å²) in [4.78, 5) is 12.4. The Morgan fingerprint density at radius 2 is 1.72 bits per heavy atom. The Bertz CT molecular complexity index is 859. The van der Waals surface area contributed by atoms with E-state index in [1.54, 1.807) is 24.3 Å². The number of hydrogen-bond donors (Lipinski definition) is 1. The molecule has 25 heavy (non-hydrogen) atoms. The first kappa shape index (κ1) is 17.5. The molecule has 1 fully saturated rings. The van der Waals surface area contributed by atoms with Gasteiger partial charge in [-0.2, -0.15) is 0 Å². The minimum absolute atomic E-state index is 0.105. The topological polar surface area (TPSA) is 66.5 Å². The summed E-state index contributed by atoms with van der Waals surface area (Å²) in [5.41, 5.74) is 3.34. The van der Waals surface area contributed by atoms with E-state index in [1.807, 2.05) is 38.1 Å². The predicted molar refractivity (Wildman–Crippen MR) is 99.3 cm³/mol. The molecule has 0 spiro atoms. The molecule has 3 rings (SSSR count). The highest BCUT2D eigenvalue weighted by Gasteiger charge is 2.28. The van der Waals surface area contributed by atoms with E-state index in [9.17, 15) is 13.2 Å². The van der Waals surface area contributed by atoms with Crippen LogP contribution >= 0.6 is 0 Å². The fourth-order valence-electron chi connectivity index (χ4n) is 2.93. The minimum atomic E-state index is -3.20. The second-order valence-electron chi connectivity index (χ2n) is 6.39. The lowest BCUT2D eigenvalue weighted by atomic mass is 10.1. The number of nitrogens with zero attached hydrogens (tertiary/aromatic N) is 1. The van der Waals surface area contributed by atoms with E-state index in [4.69, 9.17) is 0 Å². The highest BCUT2D eigenvalue weighted by molar-refractivity contribution is 7.93. The maximum Gasteiger partial charge on any atom is 0.251 e. The lowest BCUT2D eigenvalue weighted by molar-refractivity contribution is 0.0940. The van der Waals surface area contributed by atoms with Crippen LogP contribution in [0.15, 0.2) is 48.5 Å². The van der Waals surface area contributed by atoms with Crippen molar-refractivity contribution in [2.24, 2.45) is 0 Å². The first-order chi connectivity index (χ1) is 11.9. The van der Waals surface area contributed by atoms with E-state index < -0.39 is 10.0 Å². The Labute approximate surface area is 148 Å². The van der Waals surface area contributed by atoms with Crippen LogP contribution in [-0.2, 0) is 10.0 Å². The van der Waals surface area contributed by atoms with Crippen LogP contribution < -0.4 is 9.62 Å². The van der Waals surface area contributed by atoms with Gasteiger partial charge in [0.2, 0.25) is 10.0 Å². The molecule has 1 unspecified atom stereocenters. The maximum atomic E-state index is 12.4. The van der Waals surface area contributed by atoms with Crippen molar-refractivity contribution in [3.8, 4) is 0 Å². The number of rotatable bonds is 4. The zero-order valence-corrected chi connectivity index (χ0v) is 15.2. The lowest BCUT2D eigenvalue weighted by Crippen LogP contribution is -2.27. The maximum absolute atomic E-state index is 12.4. The fourth-order valence-corrected chi connectivity index (χ4v) is 4.49. The summed E-state index contributed by atoms with van der Waals surface area (Å²) < 4.78 is 25.3. The highest BCUT2D eigenvalue weighted by atomic mass is 32.2. The van der Waals surface area contributed by atoms with E-state index in [-0.39, 0.29) is 17.7 Å². The molecule has 1 N–H and O–H groups in total. The fraction of sp³-hybridized carbons (Fsp3) is 0.316. The van der Waals surface area contributed by atoms with Crippen molar-refractivity contribution in [2.75, 3.05) is 16.6 Å². The van der Waals surface area contributed by atoms with E-state index in [2.05, 4.69) is 5.32 Å². The average Bonchev–Trinajstić information content (AvgIpc) is 2.94. The molecule has 1 aliphatic rings. The van der Waals surface area contributed by atoms with Crippen molar-refractivity contribution < 1.29 is 13.2 Å². The van der Waals surface area contributed by atoms with E-state index in [0.29, 0.717) is 24.2 Å². The van der Waals surface area contributed by atoms with Crippen LogP contribution in [0.1, 0.15) is 40.9 Å². The molecule has 1 saturated heterocycles. The van der Waals surface area contributed by atoms with Gasteiger partial charge in [-0.25, -0.2) is 8.42 Å². The molecule has 1 amide bonds. The third-order valence-corrected chi connectivity index (χ3v) is 6.31. The van der Waals surface area contributed by atoms with Gasteiger partial charge in [0, 0.05) is 12.1 Å². The molecule has 2 aromatic carbocycles. The summed E-state index contributed by atoms with van der Waals surface area (Å²) in [7, 11) is -3.20. The van der Waals surface area contributed by atoms with E-state index >= 15 is 0 Å². The molecular weight excluding hydrogens is 336 g/mol. The highest BCUT2D eigenvalue weighted by Crippen LogP contribution is 2.24. The molecule has 0 aliphatic carbocycles. The summed E-state index contributed by atoms with van der Waals surface area (Å²) in [5.74, 6) is 0.00689. The van der Waals surface area contributed by atoms with Gasteiger partial charge in [-0.3, -0.25) is 9.10 Å². The smallest absolute Gasteiger partial charge is 0.251 e. The third kappa shape index (κ3) is 3.85. The van der Waals surface area contributed by atoms with Crippen molar-refractivity contribution in [2.45, 2.75) is 26.3 Å². The second-order valence-corrected chi connectivity index (χ2v) is 8.41. The molecule has 1 atom stereocenters. The number of benzene rings is 2. The van der Waals surface area contributed by atoms with Crippen molar-refractivity contribution >= 4 is 21.6 Å². The standard InChI is InChI=1S/C19H22N2O3S/c1-14-4-6-16(7-5-14)15(2)20-19(22)17-8-10-18(11-9-17)21-12-3-13-25(21,23)24/h4-11,15H,3,12-13H2,1-2H3,(H,20,22). The molecule has 5 nitrogen and oxygen atoms in total. The van der Waals surface area contributed by atoms with Gasteiger partial charge >= 0.3 is 0 Å². The second kappa shape index (κ2) is 6.88. The molecule has 2 aromatic rings. The summed E-state index contributed by atoms with van der Waals surface area (Å²) in [6, 6.07) is 14.6. The van der Waals surface area contributed by atoms with Gasteiger partial charge in [0.1, 0.15) is 0 Å². The predicted octanol–water partition coefficient (Wildman–Crippen LogP) is 3.03. The van der Waals surface area contributed by atoms with Crippen LogP contribution in [0, 0.1) is 6.92 Å². The number of carbonyl (C=O) groups excluding carboxylic acids is 1. The number of sulfonamides is 1. The molecule has 0 saturated carbocycles. The third-order valence-electron chi connectivity index (χ3n) is 4.44. The molecular formula is C19H22N2O3S. The van der Waals surface area contributed by atoms with Crippen LogP contribution in [-0.4, -0.2) is 26.6 Å². The number of hydrogen-bond acceptors (Lipinski definition) is 3. The van der Waals surface area contributed by atoms with Gasteiger partial charge in [-0.1, -0.05) is 29.8 Å². The largest absolute Gasteiger partial charge is 0.346 e. The molecule has 1 aliphatic heterocycles. The van der Waals surface area contributed by atoms with Gasteiger partial charge < -0.3 is 5.32 Å². The van der Waals surface area contributed by atoms with Gasteiger partial charge in [-0.15, -0.1) is 0 Å². The summed E-state index contributed by atoms with van der Waals surface area (Å²) >= 11 is 0. The number of amides is 1. The van der Waals surface area contributed by atoms with Crippen molar-refractivity contribution in [3.05, 3.63) is 65.2 Å². The average molecular weight is 358 g/mol. The van der Waals surface area contributed by atoms with E-state index in [0.717, 1.165) is 5.56 Å². The van der Waals surface area contributed by atoms with Gasteiger partial charge in [0.05, 0.1) is 17.5 Å². The number of nitrogens with one attached hydrogen (secondary N) is 1. The zero-order chi connectivity index (χ0) is 18.0. The van der Waals surface area contributed by atoms with Gasteiger partial charge in [0.15, 0.2) is 0 Å². The minimum Gasteiger partial charge on any atom is -0.346 e. The van der Waals surface area contributed by atoms with Crippen LogP contribution in [0.25, 0.3) is 0 Å². The Hall–Kier alpha value is -2.34. The van der Waals surface area contributed by atoms with Crippen LogP contribution in [0.4, 0.5) is 5.69 Å². The monoisotopic (exact) mass is 358 g/mol. The zero-order valence-electron chi connectivity index (χ0n) is 14.4. The van der Waals surface area contributed by atoms with Crippen LogP contribution in [0.5, 0.6) is 0 Å². The normalized spacial score (nSPS) is 17.3. The summed E-state index contributed by atoms with van der Waals surface area (Å²) in [6.07, 6.45) is 0.638. The molecule has 0 bridgehead atoms. The van der Waals surface area contributed by atoms with Crippen molar-refractivity contribution in [1.29, 1.82) is 0 Å². The first-order valence-electron chi connectivity index (χ1n) is 8.35. The van der Waals surface area contributed by atoms with Crippen molar-refractivity contribution in [3.63, 3.8) is 0 Å². The Morgan fingerprint density at radius 3 is 2.28 bits per heavy atom. The first-order valence-corrected chi connectivity index (χ1v) is 9.96. The summed E-state index contributed by atoms with van der Waals surface area (Å²) in [6.45, 7) is 4.46. The number of anilines is 1. The van der Waals surface area contributed by atoms with E-state index in [1.165, 1.54) is 9.87 Å². The van der Waals surface area contributed by atoms with Crippen molar-refractivity contribution in [1.82, 2.24) is 5.32 Å². The number of carbonyl (C=O) groups is 1. The Balaban J connectivity index is 1.69.